The van der Waals surface area contributed by atoms with Crippen molar-refractivity contribution in [2.75, 3.05) is 26.0 Å². The minimum absolute atomic E-state index is 0.0293. The second-order valence-corrected chi connectivity index (χ2v) is 23.0. The Labute approximate surface area is 341 Å². The van der Waals surface area contributed by atoms with Gasteiger partial charge in [-0.25, -0.2) is 4.39 Å². The lowest BCUT2D eigenvalue weighted by molar-refractivity contribution is -0.151. The fourth-order valence-corrected chi connectivity index (χ4v) is 10.1. The number of hydrogen-bond donors (Lipinski definition) is 1. The van der Waals surface area contributed by atoms with E-state index in [-0.39, 0.29) is 60.1 Å². The van der Waals surface area contributed by atoms with Gasteiger partial charge in [-0.2, -0.15) is 0 Å². The zero-order chi connectivity index (χ0) is 41.7. The number of ketones is 3. The number of hydrogen-bond acceptors (Lipinski definition) is 10. The molecular formula is C46H56FN3O7Si. The second-order valence-electron chi connectivity index (χ2n) is 18.3. The van der Waals surface area contributed by atoms with Gasteiger partial charge in [-0.05, 0) is 79.6 Å². The van der Waals surface area contributed by atoms with Crippen molar-refractivity contribution in [3.05, 3.63) is 106 Å². The molecule has 5 atom stereocenters. The Morgan fingerprint density at radius 2 is 1.59 bits per heavy atom. The molecule has 1 aromatic heterocycles. The molecule has 4 aromatic rings. The third-order valence-corrected chi connectivity index (χ3v) is 17.1. The average molecular weight is 810 g/mol. The number of rotatable bonds is 13. The molecule has 1 saturated carbocycles. The predicted molar refractivity (Wildman–Crippen MR) is 222 cm³/mol. The van der Waals surface area contributed by atoms with Crippen LogP contribution in [0.15, 0.2) is 71.3 Å². The summed E-state index contributed by atoms with van der Waals surface area (Å²) in [7, 11) is 0.756. The molecule has 1 N–H and O–H groups in total. The summed E-state index contributed by atoms with van der Waals surface area (Å²) in [5.41, 5.74) is 0.310. The van der Waals surface area contributed by atoms with E-state index in [0.717, 1.165) is 17.5 Å². The lowest BCUT2D eigenvalue weighted by Crippen LogP contribution is -2.70. The van der Waals surface area contributed by atoms with Gasteiger partial charge in [-0.1, -0.05) is 95.3 Å². The molecule has 3 aliphatic carbocycles. The van der Waals surface area contributed by atoms with Crippen LogP contribution in [0.4, 0.5) is 10.1 Å². The van der Waals surface area contributed by atoms with Crippen LogP contribution in [-0.4, -0.2) is 62.0 Å². The van der Waals surface area contributed by atoms with Gasteiger partial charge in [0.2, 0.25) is 5.78 Å². The number of Topliss-reactive ketones (excluding diaryl/α,β-unsaturated/α-hetero) is 3. The number of carbonyl (C=O) groups excluding carboxylic acids is 3. The third kappa shape index (κ3) is 7.32. The zero-order valence-electron chi connectivity index (χ0n) is 35.1. The van der Waals surface area contributed by atoms with Crippen LogP contribution in [0.2, 0.25) is 18.1 Å². The van der Waals surface area contributed by atoms with Gasteiger partial charge in [0.1, 0.15) is 24.6 Å². The molecular weight excluding hydrogens is 754 g/mol. The van der Waals surface area contributed by atoms with E-state index >= 15 is 18.8 Å². The minimum atomic E-state index is -2.96. The summed E-state index contributed by atoms with van der Waals surface area (Å²) in [5.74, 6) is -4.16. The van der Waals surface area contributed by atoms with Crippen molar-refractivity contribution in [1.29, 1.82) is 0 Å². The summed E-state index contributed by atoms with van der Waals surface area (Å²) >= 11 is 0. The predicted octanol–water partition coefficient (Wildman–Crippen LogP) is 9.25. The SMILES string of the molecule is CC(C)CCNc1cc(F)c2c(c1OCc1ccccc1)C(=O)C1C(=O)[C@]3(O[Si](C)(C)C(C)(C)C)C(=O)c4c(OCc5ccccc5)noc4[C@@H](N(C)C)[C@@H]3C[C@@H]1C2. The molecule has 1 heterocycles. The highest BCUT2D eigenvalue weighted by atomic mass is 28.4. The Morgan fingerprint density at radius 1 is 0.966 bits per heavy atom. The topological polar surface area (TPSA) is 120 Å². The molecule has 3 aromatic carbocycles. The number of anilines is 1. The monoisotopic (exact) mass is 809 g/mol. The van der Waals surface area contributed by atoms with E-state index < -0.39 is 65.9 Å². The van der Waals surface area contributed by atoms with Gasteiger partial charge in [0, 0.05) is 24.1 Å². The summed E-state index contributed by atoms with van der Waals surface area (Å²) in [6.45, 7) is 15.1. The first-order chi connectivity index (χ1) is 27.5. The first-order valence-corrected chi connectivity index (χ1v) is 23.3. The van der Waals surface area contributed by atoms with E-state index in [4.69, 9.17) is 18.4 Å². The molecule has 10 nitrogen and oxygen atoms in total. The molecule has 58 heavy (non-hydrogen) atoms. The fourth-order valence-electron chi connectivity index (χ4n) is 8.69. The van der Waals surface area contributed by atoms with Crippen molar-refractivity contribution in [3.8, 4) is 11.6 Å². The van der Waals surface area contributed by atoms with Gasteiger partial charge in [0.25, 0.3) is 5.88 Å². The van der Waals surface area contributed by atoms with Crippen molar-refractivity contribution in [2.45, 2.75) is 96.9 Å². The van der Waals surface area contributed by atoms with E-state index in [1.165, 1.54) is 6.07 Å². The molecule has 0 radical (unpaired) electrons. The minimum Gasteiger partial charge on any atom is -0.486 e. The standard InChI is InChI=1S/C46H56FN3O7Si/c1-27(2)20-21-48-34-24-33(47)31-22-30-23-32-38(50(6)7)41-37(44(49-56-41)55-26-29-18-14-11-15-19-29)43(53)46(32,57-58(8,9)45(3,4)5)42(52)35(30)39(51)36(31)40(34)54-25-28-16-12-10-13-17-28/h10-19,24,27,30,32,35,38,48H,20-23,25-26H2,1-9H3/t30-,32-,35?,38-,46-/m0/s1. The summed E-state index contributed by atoms with van der Waals surface area (Å²) in [6, 6.07) is 19.8. The number of nitrogens with zero attached hydrogens (tertiary/aromatic N) is 2. The number of benzene rings is 3. The molecule has 0 saturated heterocycles. The van der Waals surface area contributed by atoms with E-state index in [9.17, 15) is 0 Å². The average Bonchev–Trinajstić information content (AvgIpc) is 3.58. The van der Waals surface area contributed by atoms with Crippen molar-refractivity contribution < 1.29 is 37.2 Å². The first-order valence-electron chi connectivity index (χ1n) is 20.4. The van der Waals surface area contributed by atoms with Crippen molar-refractivity contribution in [1.82, 2.24) is 10.1 Å². The third-order valence-electron chi connectivity index (χ3n) is 12.7. The van der Waals surface area contributed by atoms with Crippen LogP contribution in [0.5, 0.6) is 11.6 Å². The second kappa shape index (κ2) is 15.8. The number of halogens is 1. The van der Waals surface area contributed by atoms with Gasteiger partial charge in [0.05, 0.1) is 23.2 Å². The molecule has 0 amide bonds. The van der Waals surface area contributed by atoms with E-state index in [2.05, 4.69) is 24.3 Å². The molecule has 0 bridgehead atoms. The van der Waals surface area contributed by atoms with Crippen LogP contribution in [0, 0.1) is 29.5 Å². The Hall–Kier alpha value is -4.65. The number of nitrogens with one attached hydrogen (secondary N) is 1. The summed E-state index contributed by atoms with van der Waals surface area (Å²) in [5, 5.41) is 7.18. The van der Waals surface area contributed by atoms with Gasteiger partial charge in [0.15, 0.2) is 37.0 Å². The molecule has 3 aliphatic rings. The van der Waals surface area contributed by atoms with Crippen LogP contribution >= 0.6 is 0 Å². The van der Waals surface area contributed by atoms with E-state index in [1.807, 2.05) is 114 Å². The molecule has 1 unspecified atom stereocenters. The van der Waals surface area contributed by atoms with Crippen LogP contribution in [0.1, 0.15) is 96.7 Å². The maximum Gasteiger partial charge on any atom is 0.265 e. The number of aromatic nitrogens is 1. The molecule has 12 heteroatoms. The van der Waals surface area contributed by atoms with E-state index in [0.29, 0.717) is 18.2 Å². The molecule has 308 valence electrons. The number of carbonyl (C=O) groups is 3. The van der Waals surface area contributed by atoms with Crippen molar-refractivity contribution in [2.24, 2.45) is 23.7 Å². The Bertz CT molecular complexity index is 2180. The van der Waals surface area contributed by atoms with Crippen LogP contribution in [0.25, 0.3) is 0 Å². The normalized spacial score (nSPS) is 23.0. The summed E-state index contributed by atoms with van der Waals surface area (Å²) in [4.78, 5) is 48.6. The smallest absolute Gasteiger partial charge is 0.265 e. The van der Waals surface area contributed by atoms with Gasteiger partial charge >= 0.3 is 0 Å². The zero-order valence-corrected chi connectivity index (χ0v) is 36.1. The maximum atomic E-state index is 16.5. The lowest BCUT2D eigenvalue weighted by atomic mass is 9.54. The van der Waals surface area contributed by atoms with Crippen LogP contribution in [0.3, 0.4) is 0 Å². The summed E-state index contributed by atoms with van der Waals surface area (Å²) in [6.07, 6.45) is 1.13. The van der Waals surface area contributed by atoms with Crippen molar-refractivity contribution >= 4 is 31.4 Å². The van der Waals surface area contributed by atoms with Gasteiger partial charge in [-0.3, -0.25) is 19.3 Å². The molecule has 1 fully saturated rings. The first kappa shape index (κ1) is 41.5. The number of ether oxygens (including phenoxy) is 2. The maximum absolute atomic E-state index is 16.5. The number of fused-ring (bicyclic) bond motifs is 4. The Balaban J connectivity index is 1.37. The quantitative estimate of drug-likeness (QED) is 0.103. The van der Waals surface area contributed by atoms with Gasteiger partial charge < -0.3 is 23.7 Å². The lowest BCUT2D eigenvalue weighted by Gasteiger charge is -2.56. The fraction of sp³-hybridized carbons (Fsp3) is 0.478. The highest BCUT2D eigenvalue weighted by Gasteiger charge is 2.70. The molecule has 7 rings (SSSR count). The largest absolute Gasteiger partial charge is 0.486 e. The van der Waals surface area contributed by atoms with Crippen LogP contribution < -0.4 is 14.8 Å². The van der Waals surface area contributed by atoms with Crippen molar-refractivity contribution in [3.63, 3.8) is 0 Å². The highest BCUT2D eigenvalue weighted by molar-refractivity contribution is 6.74. The molecule has 0 spiro atoms. The highest BCUT2D eigenvalue weighted by Crippen LogP contribution is 2.59. The molecule has 0 aliphatic heterocycles. The van der Waals surface area contributed by atoms with E-state index in [1.54, 1.807) is 0 Å². The van der Waals surface area contributed by atoms with Gasteiger partial charge in [-0.15, -0.1) is 0 Å². The summed E-state index contributed by atoms with van der Waals surface area (Å²) < 4.78 is 42.3. The van der Waals surface area contributed by atoms with Crippen LogP contribution in [-0.2, 0) is 28.9 Å². The Morgan fingerprint density at radius 3 is 2.17 bits per heavy atom. The Kier molecular flexibility index (Phi) is 11.3.